The molecule has 2 heteroatoms. The summed E-state index contributed by atoms with van der Waals surface area (Å²) < 4.78 is 0. The fourth-order valence-corrected chi connectivity index (χ4v) is 6.76. The average molecular weight is 303 g/mol. The van der Waals surface area contributed by atoms with Crippen LogP contribution in [0.3, 0.4) is 0 Å². The van der Waals surface area contributed by atoms with Gasteiger partial charge in [-0.3, -0.25) is 9.89 Å². The monoisotopic (exact) mass is 302 g/mol. The van der Waals surface area contributed by atoms with E-state index in [2.05, 4.69) is 38.9 Å². The molecule has 1 saturated heterocycles. The minimum absolute atomic E-state index is 0.373. The summed E-state index contributed by atoms with van der Waals surface area (Å²) in [5, 5.41) is 0. The van der Waals surface area contributed by atoms with Crippen molar-refractivity contribution in [2.45, 2.75) is 71.4 Å². The highest BCUT2D eigenvalue weighted by Gasteiger charge is 2.65. The van der Waals surface area contributed by atoms with Gasteiger partial charge in [-0.2, -0.15) is 0 Å². The Labute approximate surface area is 136 Å². The Bertz CT molecular complexity index is 459. The second kappa shape index (κ2) is 5.33. The minimum Gasteiger partial charge on any atom is -0.299 e. The topological polar surface area (TPSA) is 15.6 Å². The number of aliphatic imine (C=N–C) groups is 1. The van der Waals surface area contributed by atoms with E-state index in [4.69, 9.17) is 4.99 Å². The number of rotatable bonds is 1. The molecule has 8 unspecified atom stereocenters. The van der Waals surface area contributed by atoms with Crippen LogP contribution in [-0.4, -0.2) is 36.8 Å². The summed E-state index contributed by atoms with van der Waals surface area (Å²) >= 11 is 0. The van der Waals surface area contributed by atoms with Crippen molar-refractivity contribution in [2.24, 2.45) is 40.0 Å². The lowest BCUT2D eigenvalue weighted by atomic mass is 9.66. The van der Waals surface area contributed by atoms with Crippen molar-refractivity contribution in [1.29, 1.82) is 0 Å². The molecule has 0 bridgehead atoms. The van der Waals surface area contributed by atoms with Gasteiger partial charge in [-0.1, -0.05) is 27.2 Å². The predicted molar refractivity (Wildman–Crippen MR) is 93.3 cm³/mol. The SMILES string of the molecule is CCC12C=NCCC3C(C)C3C1N(C)C1CCC(C)CCC12. The second-order valence-corrected chi connectivity index (χ2v) is 8.93. The Morgan fingerprint density at radius 2 is 1.91 bits per heavy atom. The van der Waals surface area contributed by atoms with Crippen molar-refractivity contribution in [1.82, 2.24) is 4.90 Å². The molecule has 0 aromatic carbocycles. The van der Waals surface area contributed by atoms with Gasteiger partial charge in [-0.05, 0) is 68.7 Å². The zero-order chi connectivity index (χ0) is 15.5. The lowest BCUT2D eigenvalue weighted by Crippen LogP contribution is -2.44. The Kier molecular flexibility index (Phi) is 3.67. The summed E-state index contributed by atoms with van der Waals surface area (Å²) in [5.74, 6) is 4.61. The van der Waals surface area contributed by atoms with Gasteiger partial charge in [0.15, 0.2) is 0 Å². The van der Waals surface area contributed by atoms with Crippen LogP contribution in [0.1, 0.15) is 59.3 Å². The van der Waals surface area contributed by atoms with E-state index in [0.717, 1.165) is 48.2 Å². The number of hydrogen-bond acceptors (Lipinski definition) is 2. The zero-order valence-corrected chi connectivity index (χ0v) is 15.0. The highest BCUT2D eigenvalue weighted by atomic mass is 15.2. The molecule has 0 amide bonds. The molecule has 0 spiro atoms. The molecule has 0 N–H and O–H groups in total. The highest BCUT2D eigenvalue weighted by molar-refractivity contribution is 5.69. The van der Waals surface area contributed by atoms with Crippen molar-refractivity contribution in [3.8, 4) is 0 Å². The van der Waals surface area contributed by atoms with Gasteiger partial charge in [-0.25, -0.2) is 0 Å². The van der Waals surface area contributed by atoms with Crippen molar-refractivity contribution in [3.63, 3.8) is 0 Å². The number of likely N-dealkylation sites (tertiary alicyclic amines) is 1. The molecule has 2 nitrogen and oxygen atoms in total. The first-order chi connectivity index (χ1) is 10.6. The molecule has 8 atom stereocenters. The van der Waals surface area contributed by atoms with Crippen LogP contribution in [0.5, 0.6) is 0 Å². The van der Waals surface area contributed by atoms with Crippen LogP contribution in [0, 0.1) is 35.0 Å². The maximum Gasteiger partial charge on any atom is 0.0388 e. The van der Waals surface area contributed by atoms with Crippen LogP contribution in [0.4, 0.5) is 0 Å². The van der Waals surface area contributed by atoms with Gasteiger partial charge in [0.1, 0.15) is 0 Å². The molecule has 0 radical (unpaired) electrons. The third kappa shape index (κ3) is 1.98. The van der Waals surface area contributed by atoms with Crippen LogP contribution in [0.2, 0.25) is 0 Å². The molecule has 2 aliphatic carbocycles. The smallest absolute Gasteiger partial charge is 0.0388 e. The molecular weight excluding hydrogens is 268 g/mol. The van der Waals surface area contributed by atoms with Gasteiger partial charge in [0, 0.05) is 30.3 Å². The van der Waals surface area contributed by atoms with E-state index in [1.807, 2.05) is 0 Å². The van der Waals surface area contributed by atoms with E-state index >= 15 is 0 Å². The summed E-state index contributed by atoms with van der Waals surface area (Å²) in [6.45, 7) is 8.48. The van der Waals surface area contributed by atoms with Gasteiger partial charge >= 0.3 is 0 Å². The maximum atomic E-state index is 4.95. The third-order valence-electron chi connectivity index (χ3n) is 8.13. The van der Waals surface area contributed by atoms with Crippen molar-refractivity contribution < 1.29 is 0 Å². The summed E-state index contributed by atoms with van der Waals surface area (Å²) in [4.78, 5) is 7.79. The third-order valence-corrected chi connectivity index (χ3v) is 8.13. The van der Waals surface area contributed by atoms with E-state index in [1.165, 1.54) is 38.5 Å². The van der Waals surface area contributed by atoms with Gasteiger partial charge in [0.2, 0.25) is 0 Å². The molecule has 2 saturated carbocycles. The van der Waals surface area contributed by atoms with Crippen molar-refractivity contribution in [3.05, 3.63) is 0 Å². The lowest BCUT2D eigenvalue weighted by Gasteiger charge is -2.38. The highest BCUT2D eigenvalue weighted by Crippen LogP contribution is 2.63. The molecule has 2 aliphatic heterocycles. The number of nitrogens with zero attached hydrogens (tertiary/aromatic N) is 2. The minimum atomic E-state index is 0.373. The summed E-state index contributed by atoms with van der Waals surface area (Å²) in [6, 6.07) is 1.58. The fraction of sp³-hybridized carbons (Fsp3) is 0.950. The van der Waals surface area contributed by atoms with E-state index < -0.39 is 0 Å². The van der Waals surface area contributed by atoms with Crippen molar-refractivity contribution in [2.75, 3.05) is 13.6 Å². The Morgan fingerprint density at radius 3 is 2.68 bits per heavy atom. The molecule has 2 heterocycles. The molecular formula is C20H34N2. The average Bonchev–Trinajstić information content (AvgIpc) is 3.09. The maximum absolute atomic E-state index is 4.95. The summed E-state index contributed by atoms with van der Waals surface area (Å²) in [5.41, 5.74) is 0.373. The normalized spacial score (nSPS) is 54.6. The first kappa shape index (κ1) is 15.2. The molecule has 4 rings (SSSR count). The van der Waals surface area contributed by atoms with Crippen LogP contribution < -0.4 is 0 Å². The lowest BCUT2D eigenvalue weighted by molar-refractivity contribution is 0.160. The molecule has 0 aromatic rings. The van der Waals surface area contributed by atoms with E-state index in [-0.39, 0.29) is 0 Å². The van der Waals surface area contributed by atoms with Crippen molar-refractivity contribution >= 4 is 6.21 Å². The first-order valence-corrected chi connectivity index (χ1v) is 9.83. The molecule has 22 heavy (non-hydrogen) atoms. The molecule has 3 fully saturated rings. The molecule has 124 valence electrons. The van der Waals surface area contributed by atoms with Crippen LogP contribution >= 0.6 is 0 Å². The standard InChI is InChI=1S/C20H34N2/c1-5-20-12-21-11-10-15-14(3)18(15)19(20)22(4)17-9-7-13(2)6-8-16(17)20/h12-19H,5-11H2,1-4H3. The van der Waals surface area contributed by atoms with E-state index in [0.29, 0.717) is 5.41 Å². The first-order valence-electron chi connectivity index (χ1n) is 9.83. The quantitative estimate of drug-likeness (QED) is 0.707. The number of fused-ring (bicyclic) bond motifs is 5. The van der Waals surface area contributed by atoms with Gasteiger partial charge in [0.25, 0.3) is 0 Å². The fourth-order valence-electron chi connectivity index (χ4n) is 6.76. The number of hydrogen-bond donors (Lipinski definition) is 0. The van der Waals surface area contributed by atoms with Crippen LogP contribution in [-0.2, 0) is 0 Å². The largest absolute Gasteiger partial charge is 0.299 e. The summed E-state index contributed by atoms with van der Waals surface area (Å²) in [6.07, 6.45) is 10.8. The Morgan fingerprint density at radius 1 is 1.14 bits per heavy atom. The second-order valence-electron chi connectivity index (χ2n) is 8.93. The van der Waals surface area contributed by atoms with Crippen LogP contribution in [0.15, 0.2) is 4.99 Å². The zero-order valence-electron chi connectivity index (χ0n) is 15.0. The predicted octanol–water partition coefficient (Wildman–Crippen LogP) is 4.25. The Balaban J connectivity index is 1.75. The van der Waals surface area contributed by atoms with Gasteiger partial charge in [0.05, 0.1) is 0 Å². The van der Waals surface area contributed by atoms with E-state index in [9.17, 15) is 0 Å². The summed E-state index contributed by atoms with van der Waals surface area (Å²) in [7, 11) is 2.45. The molecule has 4 aliphatic rings. The Hall–Kier alpha value is -0.370. The van der Waals surface area contributed by atoms with Gasteiger partial charge in [-0.15, -0.1) is 0 Å². The molecule has 0 aromatic heterocycles. The van der Waals surface area contributed by atoms with Crippen LogP contribution in [0.25, 0.3) is 0 Å². The van der Waals surface area contributed by atoms with E-state index in [1.54, 1.807) is 0 Å². The van der Waals surface area contributed by atoms with Gasteiger partial charge < -0.3 is 0 Å².